The molecule has 2 rings (SSSR count). The first-order valence-electron chi connectivity index (χ1n) is 7.76. The lowest BCUT2D eigenvalue weighted by Gasteiger charge is -2.40. The number of rotatable bonds is 3. The summed E-state index contributed by atoms with van der Waals surface area (Å²) in [6.07, 6.45) is 4.90. The SMILES string of the molecule is CC(C(=O)NC1CCCCC1(C)C)N1CCNCC1. The van der Waals surface area contributed by atoms with Crippen molar-refractivity contribution < 1.29 is 4.79 Å². The van der Waals surface area contributed by atoms with Crippen molar-refractivity contribution >= 4 is 5.91 Å². The summed E-state index contributed by atoms with van der Waals surface area (Å²) in [5.41, 5.74) is 0.247. The van der Waals surface area contributed by atoms with Crippen LogP contribution in [0.1, 0.15) is 46.5 Å². The Hall–Kier alpha value is -0.610. The molecule has 2 N–H and O–H groups in total. The lowest BCUT2D eigenvalue weighted by atomic mass is 9.73. The number of piperazine rings is 1. The van der Waals surface area contributed by atoms with Gasteiger partial charge in [0.05, 0.1) is 6.04 Å². The van der Waals surface area contributed by atoms with E-state index in [0.29, 0.717) is 6.04 Å². The molecule has 4 heteroatoms. The zero-order valence-corrected chi connectivity index (χ0v) is 12.7. The molecule has 1 saturated heterocycles. The highest BCUT2D eigenvalue weighted by Crippen LogP contribution is 2.35. The molecule has 2 fully saturated rings. The topological polar surface area (TPSA) is 44.4 Å². The number of amides is 1. The van der Waals surface area contributed by atoms with E-state index in [4.69, 9.17) is 0 Å². The standard InChI is InChI=1S/C15H29N3O/c1-12(18-10-8-16-9-11-18)14(19)17-13-6-4-5-7-15(13,2)3/h12-13,16H,4-11H2,1-3H3,(H,17,19). The third-order valence-corrected chi connectivity index (χ3v) is 4.90. The molecular formula is C15H29N3O. The fourth-order valence-electron chi connectivity index (χ4n) is 3.29. The fraction of sp³-hybridized carbons (Fsp3) is 0.933. The summed E-state index contributed by atoms with van der Waals surface area (Å²) in [7, 11) is 0. The maximum absolute atomic E-state index is 12.4. The Morgan fingerprint density at radius 3 is 2.63 bits per heavy atom. The van der Waals surface area contributed by atoms with E-state index < -0.39 is 0 Å². The summed E-state index contributed by atoms with van der Waals surface area (Å²) in [6, 6.07) is 0.346. The molecule has 0 aromatic rings. The van der Waals surface area contributed by atoms with Gasteiger partial charge in [0.25, 0.3) is 0 Å². The van der Waals surface area contributed by atoms with E-state index in [1.807, 2.05) is 6.92 Å². The molecule has 0 aromatic heterocycles. The average molecular weight is 267 g/mol. The molecule has 1 aliphatic carbocycles. The Balaban J connectivity index is 1.88. The predicted octanol–water partition coefficient (Wildman–Crippen LogP) is 1.37. The summed E-state index contributed by atoms with van der Waals surface area (Å²) >= 11 is 0. The molecule has 0 aromatic carbocycles. The van der Waals surface area contributed by atoms with Crippen molar-refractivity contribution in [3.05, 3.63) is 0 Å². The molecule has 1 saturated carbocycles. The first-order chi connectivity index (χ1) is 9.00. The third kappa shape index (κ3) is 3.69. The maximum Gasteiger partial charge on any atom is 0.237 e. The van der Waals surface area contributed by atoms with Gasteiger partial charge in [0.2, 0.25) is 5.91 Å². The smallest absolute Gasteiger partial charge is 0.237 e. The van der Waals surface area contributed by atoms with Crippen LogP contribution in [0.3, 0.4) is 0 Å². The van der Waals surface area contributed by atoms with Crippen molar-refractivity contribution in [1.29, 1.82) is 0 Å². The van der Waals surface area contributed by atoms with E-state index in [1.54, 1.807) is 0 Å². The van der Waals surface area contributed by atoms with E-state index in [9.17, 15) is 4.79 Å². The van der Waals surface area contributed by atoms with Gasteiger partial charge in [-0.25, -0.2) is 0 Å². The van der Waals surface area contributed by atoms with Gasteiger partial charge in [0, 0.05) is 32.2 Å². The normalized spacial score (nSPS) is 29.7. The summed E-state index contributed by atoms with van der Waals surface area (Å²) in [5.74, 6) is 0.210. The zero-order valence-electron chi connectivity index (χ0n) is 12.7. The number of carbonyl (C=O) groups is 1. The quantitative estimate of drug-likeness (QED) is 0.811. The molecule has 2 atom stereocenters. The van der Waals surface area contributed by atoms with Crippen LogP contribution in [0.15, 0.2) is 0 Å². The Morgan fingerprint density at radius 1 is 1.32 bits per heavy atom. The van der Waals surface area contributed by atoms with Crippen molar-refractivity contribution in [2.75, 3.05) is 26.2 Å². The first-order valence-corrected chi connectivity index (χ1v) is 7.76. The van der Waals surface area contributed by atoms with Crippen LogP contribution in [0.5, 0.6) is 0 Å². The van der Waals surface area contributed by atoms with Gasteiger partial charge in [0.1, 0.15) is 0 Å². The molecule has 1 aliphatic heterocycles. The minimum atomic E-state index is -0.000161. The Labute approximate surface area is 117 Å². The zero-order chi connectivity index (χ0) is 13.9. The van der Waals surface area contributed by atoms with Crippen LogP contribution in [0.4, 0.5) is 0 Å². The number of nitrogens with zero attached hydrogens (tertiary/aromatic N) is 1. The van der Waals surface area contributed by atoms with Gasteiger partial charge < -0.3 is 10.6 Å². The molecule has 1 heterocycles. The van der Waals surface area contributed by atoms with Gasteiger partial charge in [-0.15, -0.1) is 0 Å². The Morgan fingerprint density at radius 2 is 2.00 bits per heavy atom. The van der Waals surface area contributed by atoms with Gasteiger partial charge in [-0.1, -0.05) is 26.7 Å². The van der Waals surface area contributed by atoms with Crippen LogP contribution in [-0.4, -0.2) is 49.1 Å². The number of hydrogen-bond acceptors (Lipinski definition) is 3. The highest BCUT2D eigenvalue weighted by atomic mass is 16.2. The molecule has 0 bridgehead atoms. The van der Waals surface area contributed by atoms with E-state index in [0.717, 1.165) is 32.6 Å². The summed E-state index contributed by atoms with van der Waals surface area (Å²) in [6.45, 7) is 10.5. The van der Waals surface area contributed by atoms with Crippen LogP contribution in [0, 0.1) is 5.41 Å². The number of hydrogen-bond donors (Lipinski definition) is 2. The van der Waals surface area contributed by atoms with Crippen LogP contribution in [-0.2, 0) is 4.79 Å². The average Bonchev–Trinajstić information content (AvgIpc) is 2.41. The van der Waals surface area contributed by atoms with E-state index in [2.05, 4.69) is 29.4 Å². The molecule has 0 spiro atoms. The highest BCUT2D eigenvalue weighted by Gasteiger charge is 2.34. The molecule has 0 radical (unpaired) electrons. The van der Waals surface area contributed by atoms with Crippen molar-refractivity contribution in [2.45, 2.75) is 58.5 Å². The second-order valence-corrected chi connectivity index (χ2v) is 6.76. The van der Waals surface area contributed by atoms with Gasteiger partial charge in [-0.05, 0) is 25.2 Å². The second kappa shape index (κ2) is 6.23. The first kappa shape index (κ1) is 14.8. The fourth-order valence-corrected chi connectivity index (χ4v) is 3.29. The molecular weight excluding hydrogens is 238 g/mol. The Kier molecular flexibility index (Phi) is 4.85. The van der Waals surface area contributed by atoms with Gasteiger partial charge in [-0.3, -0.25) is 9.69 Å². The van der Waals surface area contributed by atoms with Crippen LogP contribution < -0.4 is 10.6 Å². The monoisotopic (exact) mass is 267 g/mol. The van der Waals surface area contributed by atoms with Gasteiger partial charge in [0.15, 0.2) is 0 Å². The van der Waals surface area contributed by atoms with E-state index in [1.165, 1.54) is 19.3 Å². The minimum absolute atomic E-state index is 0.000161. The van der Waals surface area contributed by atoms with Crippen molar-refractivity contribution in [1.82, 2.24) is 15.5 Å². The van der Waals surface area contributed by atoms with Crippen molar-refractivity contribution in [3.63, 3.8) is 0 Å². The molecule has 4 nitrogen and oxygen atoms in total. The second-order valence-electron chi connectivity index (χ2n) is 6.76. The predicted molar refractivity (Wildman–Crippen MR) is 78.1 cm³/mol. The number of nitrogens with one attached hydrogen (secondary N) is 2. The molecule has 2 unspecified atom stereocenters. The van der Waals surface area contributed by atoms with Crippen LogP contribution in [0.2, 0.25) is 0 Å². The molecule has 19 heavy (non-hydrogen) atoms. The highest BCUT2D eigenvalue weighted by molar-refractivity contribution is 5.81. The number of carbonyl (C=O) groups excluding carboxylic acids is 1. The third-order valence-electron chi connectivity index (χ3n) is 4.90. The summed E-state index contributed by atoms with van der Waals surface area (Å²) < 4.78 is 0. The lowest BCUT2D eigenvalue weighted by molar-refractivity contribution is -0.128. The molecule has 1 amide bonds. The van der Waals surface area contributed by atoms with E-state index in [-0.39, 0.29) is 17.4 Å². The lowest BCUT2D eigenvalue weighted by Crippen LogP contribution is -2.56. The van der Waals surface area contributed by atoms with E-state index >= 15 is 0 Å². The van der Waals surface area contributed by atoms with Crippen molar-refractivity contribution in [3.8, 4) is 0 Å². The molecule has 2 aliphatic rings. The van der Waals surface area contributed by atoms with Crippen molar-refractivity contribution in [2.24, 2.45) is 5.41 Å². The summed E-state index contributed by atoms with van der Waals surface area (Å²) in [5, 5.41) is 6.63. The van der Waals surface area contributed by atoms with Crippen LogP contribution in [0.25, 0.3) is 0 Å². The maximum atomic E-state index is 12.4. The Bertz CT molecular complexity index is 311. The van der Waals surface area contributed by atoms with Gasteiger partial charge in [-0.2, -0.15) is 0 Å². The molecule has 110 valence electrons. The van der Waals surface area contributed by atoms with Gasteiger partial charge >= 0.3 is 0 Å². The van der Waals surface area contributed by atoms with Crippen LogP contribution >= 0.6 is 0 Å². The minimum Gasteiger partial charge on any atom is -0.351 e. The summed E-state index contributed by atoms with van der Waals surface area (Å²) in [4.78, 5) is 14.7. The largest absolute Gasteiger partial charge is 0.351 e.